The van der Waals surface area contributed by atoms with E-state index in [1.807, 2.05) is 26.0 Å². The van der Waals surface area contributed by atoms with Gasteiger partial charge in [-0.05, 0) is 50.5 Å². The van der Waals surface area contributed by atoms with Gasteiger partial charge < -0.3 is 18.6 Å². The molecule has 0 radical (unpaired) electrons. The van der Waals surface area contributed by atoms with Gasteiger partial charge in [0.25, 0.3) is 0 Å². The van der Waals surface area contributed by atoms with Gasteiger partial charge in [-0.1, -0.05) is 26.8 Å². The van der Waals surface area contributed by atoms with E-state index in [1.54, 1.807) is 18.6 Å². The van der Waals surface area contributed by atoms with E-state index in [0.29, 0.717) is 6.42 Å². The molecular weight excluding hydrogens is 448 g/mol. The van der Waals surface area contributed by atoms with Gasteiger partial charge in [0, 0.05) is 35.3 Å². The van der Waals surface area contributed by atoms with Crippen LogP contribution in [0.1, 0.15) is 72.3 Å². The summed E-state index contributed by atoms with van der Waals surface area (Å²) >= 11 is 0. The van der Waals surface area contributed by atoms with Gasteiger partial charge in [0.2, 0.25) is 0 Å². The number of fused-ring (bicyclic) bond motifs is 3. The molecule has 1 aromatic rings. The highest BCUT2D eigenvalue weighted by atomic mass is 16.6. The summed E-state index contributed by atoms with van der Waals surface area (Å²) in [7, 11) is 0. The molecule has 7 heteroatoms. The highest BCUT2D eigenvalue weighted by molar-refractivity contribution is 5.98. The second kappa shape index (κ2) is 6.67. The molecule has 6 rings (SSSR count). The Labute approximate surface area is 205 Å². The number of hydrogen-bond donors (Lipinski definition) is 0. The molecule has 188 valence electrons. The van der Waals surface area contributed by atoms with Crippen LogP contribution in [0.4, 0.5) is 0 Å². The number of ether oxygens (including phenoxy) is 3. The number of furan rings is 1. The molecule has 5 aliphatic rings. The summed E-state index contributed by atoms with van der Waals surface area (Å²) in [5.74, 6) is -1.01. The second-order valence-electron chi connectivity index (χ2n) is 12.5. The minimum Gasteiger partial charge on any atom is -0.472 e. The summed E-state index contributed by atoms with van der Waals surface area (Å²) in [6, 6.07) is 1.88. The van der Waals surface area contributed by atoms with Crippen LogP contribution < -0.4 is 0 Å². The lowest BCUT2D eigenvalue weighted by Crippen LogP contribution is -2.69. The first kappa shape index (κ1) is 23.0. The zero-order valence-electron chi connectivity index (χ0n) is 21.3. The number of hydrogen-bond acceptors (Lipinski definition) is 7. The van der Waals surface area contributed by atoms with Crippen molar-refractivity contribution in [1.82, 2.24) is 0 Å². The molecule has 9 unspecified atom stereocenters. The maximum atomic E-state index is 13.8. The molecule has 0 N–H and O–H groups in total. The largest absolute Gasteiger partial charge is 0.472 e. The van der Waals surface area contributed by atoms with E-state index in [0.717, 1.165) is 18.4 Å². The van der Waals surface area contributed by atoms with Crippen molar-refractivity contribution in [1.29, 1.82) is 0 Å². The molecular formula is C28H34O7. The molecule has 3 heterocycles. The topological polar surface area (TPSA) is 95.3 Å². The Morgan fingerprint density at radius 2 is 1.86 bits per heavy atom. The molecule has 9 atom stereocenters. The average molecular weight is 483 g/mol. The van der Waals surface area contributed by atoms with Gasteiger partial charge in [-0.3, -0.25) is 9.59 Å². The molecule has 0 bridgehead atoms. The molecule has 1 saturated heterocycles. The van der Waals surface area contributed by atoms with Crippen LogP contribution in [-0.2, 0) is 28.6 Å². The van der Waals surface area contributed by atoms with Crippen LogP contribution in [0.5, 0.6) is 0 Å². The lowest BCUT2D eigenvalue weighted by molar-refractivity contribution is -0.239. The van der Waals surface area contributed by atoms with Crippen molar-refractivity contribution in [2.45, 2.75) is 90.1 Å². The third kappa shape index (κ3) is 2.53. The molecule has 0 aromatic carbocycles. The van der Waals surface area contributed by atoms with Crippen LogP contribution in [0, 0.1) is 28.1 Å². The van der Waals surface area contributed by atoms with Crippen molar-refractivity contribution in [2.75, 3.05) is 0 Å². The molecule has 0 amide bonds. The molecule has 7 nitrogen and oxygen atoms in total. The number of cyclic esters (lactones) is 1. The van der Waals surface area contributed by atoms with Gasteiger partial charge in [0.1, 0.15) is 23.4 Å². The van der Waals surface area contributed by atoms with Crippen molar-refractivity contribution >= 4 is 17.7 Å². The number of allylic oxidation sites excluding steroid dienone is 1. The second-order valence-corrected chi connectivity index (χ2v) is 12.5. The fraction of sp³-hybridized carbons (Fsp3) is 0.679. The van der Waals surface area contributed by atoms with Crippen molar-refractivity contribution < 1.29 is 33.0 Å². The number of Topliss-reactive ketones (excluding diaryl/α,β-unsaturated/α-hetero) is 1. The summed E-state index contributed by atoms with van der Waals surface area (Å²) in [4.78, 5) is 38.7. The molecule has 1 spiro atoms. The SMILES string of the molecule is CC(=O)OC1CC2C(C)(C)OC(=O)C=CC2(C)C2CCC3(C)C(c4ccoc4)C(=O)C4OC43C12C. The maximum Gasteiger partial charge on any atom is 0.330 e. The monoisotopic (exact) mass is 482 g/mol. The smallest absolute Gasteiger partial charge is 0.330 e. The normalized spacial score (nSPS) is 49.1. The van der Waals surface area contributed by atoms with Crippen molar-refractivity contribution in [3.05, 3.63) is 36.3 Å². The number of epoxide rings is 1. The van der Waals surface area contributed by atoms with E-state index in [-0.39, 0.29) is 35.5 Å². The van der Waals surface area contributed by atoms with Crippen LogP contribution in [0.25, 0.3) is 0 Å². The number of rotatable bonds is 2. The first-order valence-corrected chi connectivity index (χ1v) is 12.7. The van der Waals surface area contributed by atoms with E-state index < -0.39 is 39.7 Å². The molecule has 2 aliphatic heterocycles. The van der Waals surface area contributed by atoms with E-state index in [2.05, 4.69) is 20.8 Å². The summed E-state index contributed by atoms with van der Waals surface area (Å²) in [6.07, 6.45) is 7.94. The third-order valence-corrected chi connectivity index (χ3v) is 10.7. The van der Waals surface area contributed by atoms with Gasteiger partial charge in [-0.25, -0.2) is 4.79 Å². The van der Waals surface area contributed by atoms with Crippen LogP contribution in [0.3, 0.4) is 0 Å². The summed E-state index contributed by atoms with van der Waals surface area (Å²) in [6.45, 7) is 11.8. The zero-order chi connectivity index (χ0) is 25.2. The quantitative estimate of drug-likeness (QED) is 0.457. The number of esters is 2. The van der Waals surface area contributed by atoms with Gasteiger partial charge in [-0.15, -0.1) is 0 Å². The minimum atomic E-state index is -0.759. The Kier molecular flexibility index (Phi) is 4.38. The predicted molar refractivity (Wildman–Crippen MR) is 124 cm³/mol. The van der Waals surface area contributed by atoms with Gasteiger partial charge in [0.15, 0.2) is 5.78 Å². The van der Waals surface area contributed by atoms with E-state index in [4.69, 9.17) is 18.6 Å². The zero-order valence-corrected chi connectivity index (χ0v) is 21.3. The maximum absolute atomic E-state index is 13.8. The lowest BCUT2D eigenvalue weighted by atomic mass is 9.38. The Balaban J connectivity index is 1.54. The highest BCUT2D eigenvalue weighted by Crippen LogP contribution is 2.81. The van der Waals surface area contributed by atoms with Crippen LogP contribution in [0.2, 0.25) is 0 Å². The Morgan fingerprint density at radius 3 is 2.51 bits per heavy atom. The first-order valence-electron chi connectivity index (χ1n) is 12.7. The summed E-state index contributed by atoms with van der Waals surface area (Å²) in [5, 5.41) is 0. The Hall–Kier alpha value is -2.41. The Morgan fingerprint density at radius 1 is 1.11 bits per heavy atom. The molecule has 3 aliphatic carbocycles. The van der Waals surface area contributed by atoms with Gasteiger partial charge in [-0.2, -0.15) is 0 Å². The standard InChI is InChI=1S/C28H34O7/c1-15(29)33-19-13-18-24(2,3)34-20(30)8-10-25(18,4)17-7-11-26(5)21(16-9-12-32-14-16)22(31)23-28(26,35-23)27(17,19)6/h8-10,12,14,17-19,21,23H,7,11,13H2,1-6H3. The van der Waals surface area contributed by atoms with Crippen LogP contribution in [-0.4, -0.2) is 41.1 Å². The predicted octanol–water partition coefficient (Wildman–Crippen LogP) is 4.36. The fourth-order valence-electron chi connectivity index (χ4n) is 9.48. The van der Waals surface area contributed by atoms with Crippen molar-refractivity contribution in [3.63, 3.8) is 0 Å². The summed E-state index contributed by atoms with van der Waals surface area (Å²) in [5.41, 5.74) is -2.14. The molecule has 35 heavy (non-hydrogen) atoms. The fourth-order valence-corrected chi connectivity index (χ4v) is 9.48. The van der Waals surface area contributed by atoms with Gasteiger partial charge >= 0.3 is 11.9 Å². The molecule has 1 aromatic heterocycles. The number of carbonyl (C=O) groups is 3. The van der Waals surface area contributed by atoms with Crippen molar-refractivity contribution in [3.8, 4) is 0 Å². The van der Waals surface area contributed by atoms with Crippen LogP contribution >= 0.6 is 0 Å². The van der Waals surface area contributed by atoms with Crippen LogP contribution in [0.15, 0.2) is 35.2 Å². The van der Waals surface area contributed by atoms with Crippen molar-refractivity contribution in [2.24, 2.45) is 28.1 Å². The lowest BCUT2D eigenvalue weighted by Gasteiger charge is -2.66. The summed E-state index contributed by atoms with van der Waals surface area (Å²) < 4.78 is 23.9. The molecule has 4 fully saturated rings. The number of ketones is 1. The average Bonchev–Trinajstić information content (AvgIpc) is 3.27. The first-order chi connectivity index (χ1) is 16.3. The van der Waals surface area contributed by atoms with E-state index >= 15 is 0 Å². The van der Waals surface area contributed by atoms with E-state index in [9.17, 15) is 14.4 Å². The Bertz CT molecular complexity index is 1150. The third-order valence-electron chi connectivity index (χ3n) is 10.7. The molecule has 3 saturated carbocycles. The highest BCUT2D eigenvalue weighted by Gasteiger charge is 2.89. The minimum absolute atomic E-state index is 0.0112. The van der Waals surface area contributed by atoms with E-state index in [1.165, 1.54) is 6.92 Å². The van der Waals surface area contributed by atoms with Gasteiger partial charge in [0.05, 0.1) is 18.4 Å². The number of carbonyl (C=O) groups excluding carboxylic acids is 3.